The van der Waals surface area contributed by atoms with Crippen LogP contribution in [0.4, 0.5) is 4.79 Å². The smallest absolute Gasteiger partial charge is 0.496 e. The molecule has 1 aromatic rings. The number of hydrogen-bond acceptors (Lipinski definition) is 5. The maximum atomic E-state index is 11.2. The molecule has 0 fully saturated rings. The first kappa shape index (κ1) is 13.8. The highest BCUT2D eigenvalue weighted by Crippen LogP contribution is 2.12. The maximum Gasteiger partial charge on any atom is 0.516 e. The molecule has 18 heavy (non-hydrogen) atoms. The van der Waals surface area contributed by atoms with Crippen LogP contribution in [0.3, 0.4) is 0 Å². The summed E-state index contributed by atoms with van der Waals surface area (Å²) in [5.74, 6) is -0.240. The second kappa shape index (κ2) is 7.11. The predicted octanol–water partition coefficient (Wildman–Crippen LogP) is 2.21. The van der Waals surface area contributed by atoms with Gasteiger partial charge in [0.25, 0.3) is 0 Å². The topological polar surface area (TPSA) is 61.8 Å². The van der Waals surface area contributed by atoms with Crippen molar-refractivity contribution in [1.82, 2.24) is 0 Å². The van der Waals surface area contributed by atoms with Crippen LogP contribution in [0.15, 0.2) is 24.3 Å². The summed E-state index contributed by atoms with van der Waals surface area (Å²) in [7, 11) is 1.52. The summed E-state index contributed by atoms with van der Waals surface area (Å²) in [5, 5.41) is 0. The van der Waals surface area contributed by atoms with E-state index in [0.29, 0.717) is 5.75 Å². The fourth-order valence-corrected chi connectivity index (χ4v) is 1.11. The van der Waals surface area contributed by atoms with Gasteiger partial charge in [-0.3, -0.25) is 0 Å². The molecule has 1 rings (SSSR count). The van der Waals surface area contributed by atoms with E-state index in [9.17, 15) is 9.59 Å². The Morgan fingerprint density at radius 1 is 1.44 bits per heavy atom. The van der Waals surface area contributed by atoms with Crippen LogP contribution in [0.25, 0.3) is 6.08 Å². The number of benzene rings is 1. The van der Waals surface area contributed by atoms with Crippen molar-refractivity contribution in [1.29, 1.82) is 0 Å². The maximum absolute atomic E-state index is 11.2. The van der Waals surface area contributed by atoms with Crippen molar-refractivity contribution in [3.63, 3.8) is 0 Å². The van der Waals surface area contributed by atoms with Crippen molar-refractivity contribution in [2.75, 3.05) is 13.7 Å². The molecule has 1 radical (unpaired) electrons. The Bertz CT molecular complexity index is 450. The van der Waals surface area contributed by atoms with Crippen molar-refractivity contribution < 1.29 is 23.8 Å². The number of methoxy groups -OCH3 is 1. The number of esters is 1. The second-order valence-corrected chi connectivity index (χ2v) is 3.13. The lowest BCUT2D eigenvalue weighted by Gasteiger charge is -2.00. The monoisotopic (exact) mass is 249 g/mol. The Labute approximate surface area is 105 Å². The Kier molecular flexibility index (Phi) is 5.44. The summed E-state index contributed by atoms with van der Waals surface area (Å²) in [6.07, 6.45) is 1.62. The minimum absolute atomic E-state index is 0.154. The van der Waals surface area contributed by atoms with Gasteiger partial charge in [0.05, 0.1) is 13.7 Å². The molecule has 0 spiro atoms. The van der Waals surface area contributed by atoms with Gasteiger partial charge in [0.1, 0.15) is 5.75 Å². The third-order valence-corrected chi connectivity index (χ3v) is 1.88. The summed E-state index contributed by atoms with van der Waals surface area (Å²) in [6, 6.07) is 7.93. The Morgan fingerprint density at radius 3 is 2.89 bits per heavy atom. The molecule has 5 heteroatoms. The normalized spacial score (nSPS) is 10.1. The van der Waals surface area contributed by atoms with Gasteiger partial charge in [-0.25, -0.2) is 9.59 Å². The van der Waals surface area contributed by atoms with E-state index in [-0.39, 0.29) is 6.61 Å². The van der Waals surface area contributed by atoms with Gasteiger partial charge in [0, 0.05) is 12.1 Å². The first-order valence-electron chi connectivity index (χ1n) is 5.28. The fourth-order valence-electron chi connectivity index (χ4n) is 1.11. The third kappa shape index (κ3) is 4.69. The third-order valence-electron chi connectivity index (χ3n) is 1.88. The lowest BCUT2D eigenvalue weighted by molar-refractivity contribution is -0.134. The lowest BCUT2D eigenvalue weighted by Crippen LogP contribution is -2.11. The Hall–Kier alpha value is -2.30. The van der Waals surface area contributed by atoms with E-state index in [4.69, 9.17) is 4.74 Å². The number of carbonyl (C=O) groups is 2. The quantitative estimate of drug-likeness (QED) is 0.465. The van der Waals surface area contributed by atoms with E-state index >= 15 is 0 Å². The summed E-state index contributed by atoms with van der Waals surface area (Å²) >= 11 is 0. The Morgan fingerprint density at radius 2 is 2.22 bits per heavy atom. The summed E-state index contributed by atoms with van der Waals surface area (Å²) < 4.78 is 13.8. The van der Waals surface area contributed by atoms with Crippen LogP contribution in [0, 0.1) is 6.07 Å². The molecule has 0 unspecified atom stereocenters. The first-order chi connectivity index (χ1) is 8.65. The van der Waals surface area contributed by atoms with Crippen LogP contribution in [0.1, 0.15) is 12.5 Å². The minimum Gasteiger partial charge on any atom is -0.496 e. The van der Waals surface area contributed by atoms with Crippen LogP contribution in [-0.4, -0.2) is 25.8 Å². The molecule has 0 aliphatic rings. The molecule has 0 aliphatic carbocycles. The molecule has 95 valence electrons. The van der Waals surface area contributed by atoms with Crippen molar-refractivity contribution in [2.45, 2.75) is 6.92 Å². The molecule has 0 aromatic heterocycles. The number of ether oxygens (including phenoxy) is 3. The van der Waals surface area contributed by atoms with Crippen LogP contribution in [0.5, 0.6) is 5.75 Å². The van der Waals surface area contributed by atoms with Crippen molar-refractivity contribution >= 4 is 18.2 Å². The molecule has 0 saturated carbocycles. The zero-order valence-electron chi connectivity index (χ0n) is 10.1. The molecule has 0 aliphatic heterocycles. The molecule has 0 N–H and O–H groups in total. The molecule has 0 heterocycles. The largest absolute Gasteiger partial charge is 0.516 e. The molecule has 0 bridgehead atoms. The fraction of sp³-hybridized carbons (Fsp3) is 0.231. The zero-order valence-corrected chi connectivity index (χ0v) is 10.1. The SMILES string of the molecule is CCOC(=O)OC(=O)/C=C/c1cc[c]c(OC)c1. The van der Waals surface area contributed by atoms with Gasteiger partial charge < -0.3 is 14.2 Å². The number of carbonyl (C=O) groups excluding carboxylic acids is 2. The highest BCUT2D eigenvalue weighted by Gasteiger charge is 2.07. The number of rotatable bonds is 4. The minimum atomic E-state index is -1.01. The highest BCUT2D eigenvalue weighted by atomic mass is 16.7. The van der Waals surface area contributed by atoms with Crippen molar-refractivity contribution in [2.24, 2.45) is 0 Å². The van der Waals surface area contributed by atoms with Gasteiger partial charge in [-0.05, 0) is 30.7 Å². The van der Waals surface area contributed by atoms with Crippen LogP contribution >= 0.6 is 0 Å². The van der Waals surface area contributed by atoms with E-state index in [1.807, 2.05) is 0 Å². The van der Waals surface area contributed by atoms with Gasteiger partial charge in [0.15, 0.2) is 0 Å². The van der Waals surface area contributed by atoms with E-state index in [1.54, 1.807) is 25.1 Å². The van der Waals surface area contributed by atoms with Gasteiger partial charge >= 0.3 is 12.1 Å². The van der Waals surface area contributed by atoms with Gasteiger partial charge in [-0.1, -0.05) is 6.07 Å². The summed E-state index contributed by atoms with van der Waals surface area (Å²) in [6.45, 7) is 1.77. The molecule has 0 atom stereocenters. The lowest BCUT2D eigenvalue weighted by atomic mass is 10.2. The van der Waals surface area contributed by atoms with Crippen molar-refractivity contribution in [3.8, 4) is 5.75 Å². The summed E-state index contributed by atoms with van der Waals surface area (Å²) in [5.41, 5.74) is 0.728. The van der Waals surface area contributed by atoms with E-state index in [0.717, 1.165) is 11.6 Å². The Balaban J connectivity index is 2.57. The molecular formula is C13H13O5. The molecule has 5 nitrogen and oxygen atoms in total. The second-order valence-electron chi connectivity index (χ2n) is 3.13. The molecule has 0 saturated heterocycles. The van der Waals surface area contributed by atoms with Gasteiger partial charge in [-0.2, -0.15) is 0 Å². The average Bonchev–Trinajstić information content (AvgIpc) is 2.37. The van der Waals surface area contributed by atoms with E-state index < -0.39 is 12.1 Å². The van der Waals surface area contributed by atoms with E-state index in [2.05, 4.69) is 15.5 Å². The summed E-state index contributed by atoms with van der Waals surface area (Å²) in [4.78, 5) is 22.0. The molecule has 1 aromatic carbocycles. The van der Waals surface area contributed by atoms with Crippen LogP contribution in [0.2, 0.25) is 0 Å². The van der Waals surface area contributed by atoms with E-state index in [1.165, 1.54) is 13.2 Å². The van der Waals surface area contributed by atoms with Crippen molar-refractivity contribution in [3.05, 3.63) is 35.9 Å². The first-order valence-corrected chi connectivity index (χ1v) is 5.28. The molecule has 0 amide bonds. The number of hydrogen-bond donors (Lipinski definition) is 0. The average molecular weight is 249 g/mol. The van der Waals surface area contributed by atoms with Crippen LogP contribution < -0.4 is 4.74 Å². The van der Waals surface area contributed by atoms with Gasteiger partial charge in [-0.15, -0.1) is 0 Å². The highest BCUT2D eigenvalue weighted by molar-refractivity contribution is 5.93. The molecular weight excluding hydrogens is 236 g/mol. The van der Waals surface area contributed by atoms with Crippen LogP contribution in [-0.2, 0) is 14.3 Å². The predicted molar refractivity (Wildman–Crippen MR) is 64.0 cm³/mol. The zero-order chi connectivity index (χ0) is 13.4. The van der Waals surface area contributed by atoms with Gasteiger partial charge in [0.2, 0.25) is 0 Å². The standard InChI is InChI=1S/C13H13O5/c1-3-17-13(15)18-12(14)8-7-10-5-4-6-11(9-10)16-2/h4-5,7-9H,3H2,1-2H3/b8-7+.